The average Bonchev–Trinajstić information content (AvgIpc) is 2.45. The molecule has 0 radical (unpaired) electrons. The fourth-order valence-corrected chi connectivity index (χ4v) is 2.50. The number of halogens is 2. The predicted octanol–water partition coefficient (Wildman–Crippen LogP) is 4.02. The summed E-state index contributed by atoms with van der Waals surface area (Å²) in [7, 11) is 0. The smallest absolute Gasteiger partial charge is 0.124 e. The van der Waals surface area contributed by atoms with Crippen LogP contribution in [0.2, 0.25) is 5.02 Å². The van der Waals surface area contributed by atoms with Gasteiger partial charge in [0.05, 0.1) is 11.6 Å². The third-order valence-electron chi connectivity index (χ3n) is 3.48. The van der Waals surface area contributed by atoms with Gasteiger partial charge in [-0.2, -0.15) is 5.26 Å². The standard InChI is InChI=1S/C17H16ClFN2/c1-11(21)17(8-12-2-4-15(18)5-3-12)14-6-13(10-20)7-16(19)9-14/h2-7,9,11,17H,8,21H2,1H3. The second-order valence-corrected chi connectivity index (χ2v) is 5.62. The van der Waals surface area contributed by atoms with Gasteiger partial charge in [0.25, 0.3) is 0 Å². The molecule has 0 saturated heterocycles. The number of nitrogens with two attached hydrogens (primary N) is 1. The molecule has 2 aromatic rings. The van der Waals surface area contributed by atoms with Gasteiger partial charge in [0.2, 0.25) is 0 Å². The molecule has 0 fully saturated rings. The highest BCUT2D eigenvalue weighted by Crippen LogP contribution is 2.26. The van der Waals surface area contributed by atoms with Gasteiger partial charge in [-0.05, 0) is 54.8 Å². The third-order valence-corrected chi connectivity index (χ3v) is 3.73. The summed E-state index contributed by atoms with van der Waals surface area (Å²) in [6, 6.07) is 13.7. The number of benzene rings is 2. The zero-order chi connectivity index (χ0) is 15.4. The second-order valence-electron chi connectivity index (χ2n) is 5.18. The van der Waals surface area contributed by atoms with E-state index in [4.69, 9.17) is 22.6 Å². The van der Waals surface area contributed by atoms with Gasteiger partial charge in [0.15, 0.2) is 0 Å². The molecular formula is C17H16ClFN2. The van der Waals surface area contributed by atoms with Gasteiger partial charge in [-0.25, -0.2) is 4.39 Å². The maximum atomic E-state index is 13.6. The van der Waals surface area contributed by atoms with Gasteiger partial charge in [-0.3, -0.25) is 0 Å². The van der Waals surface area contributed by atoms with E-state index in [9.17, 15) is 4.39 Å². The molecule has 0 spiro atoms. The topological polar surface area (TPSA) is 49.8 Å². The van der Waals surface area contributed by atoms with Gasteiger partial charge < -0.3 is 5.73 Å². The molecule has 2 rings (SSSR count). The molecule has 0 aliphatic rings. The quantitative estimate of drug-likeness (QED) is 0.927. The largest absolute Gasteiger partial charge is 0.327 e. The highest BCUT2D eigenvalue weighted by molar-refractivity contribution is 6.30. The first-order chi connectivity index (χ1) is 9.99. The molecule has 2 N–H and O–H groups in total. The Kier molecular flexibility index (Phi) is 4.95. The van der Waals surface area contributed by atoms with Crippen LogP contribution >= 0.6 is 11.6 Å². The monoisotopic (exact) mass is 302 g/mol. The zero-order valence-corrected chi connectivity index (χ0v) is 12.4. The fourth-order valence-electron chi connectivity index (χ4n) is 2.37. The lowest BCUT2D eigenvalue weighted by molar-refractivity contribution is 0.556. The normalized spacial score (nSPS) is 13.5. The van der Waals surface area contributed by atoms with Gasteiger partial charge in [0.1, 0.15) is 5.82 Å². The molecule has 21 heavy (non-hydrogen) atoms. The summed E-state index contributed by atoms with van der Waals surface area (Å²) in [5.74, 6) is -0.472. The molecule has 0 aliphatic heterocycles. The SMILES string of the molecule is CC(N)C(Cc1ccc(Cl)cc1)c1cc(F)cc(C#N)c1. The Hall–Kier alpha value is -1.89. The van der Waals surface area contributed by atoms with Crippen LogP contribution in [0.15, 0.2) is 42.5 Å². The highest BCUT2D eigenvalue weighted by atomic mass is 35.5. The van der Waals surface area contributed by atoms with E-state index in [1.807, 2.05) is 37.3 Å². The van der Waals surface area contributed by atoms with Crippen LogP contribution in [-0.4, -0.2) is 6.04 Å². The van der Waals surface area contributed by atoms with Crippen LogP contribution in [0.1, 0.15) is 29.5 Å². The maximum Gasteiger partial charge on any atom is 0.124 e. The van der Waals surface area contributed by atoms with E-state index < -0.39 is 5.82 Å². The third kappa shape index (κ3) is 4.04. The molecule has 2 atom stereocenters. The molecule has 0 saturated carbocycles. The van der Waals surface area contributed by atoms with E-state index in [0.29, 0.717) is 17.0 Å². The van der Waals surface area contributed by atoms with E-state index in [1.54, 1.807) is 6.07 Å². The first kappa shape index (κ1) is 15.5. The molecule has 0 heterocycles. The Labute approximate surface area is 129 Å². The maximum absolute atomic E-state index is 13.6. The summed E-state index contributed by atoms with van der Waals surface area (Å²) < 4.78 is 13.6. The second kappa shape index (κ2) is 6.71. The average molecular weight is 303 g/mol. The molecule has 0 aromatic heterocycles. The van der Waals surface area contributed by atoms with Crippen molar-refractivity contribution in [3.05, 3.63) is 70.0 Å². The van der Waals surface area contributed by atoms with Crippen molar-refractivity contribution >= 4 is 11.6 Å². The molecule has 108 valence electrons. The van der Waals surface area contributed by atoms with Crippen LogP contribution in [0.4, 0.5) is 4.39 Å². The number of hydrogen-bond donors (Lipinski definition) is 1. The Morgan fingerprint density at radius 2 is 1.90 bits per heavy atom. The number of rotatable bonds is 4. The van der Waals surface area contributed by atoms with Crippen LogP contribution in [0.5, 0.6) is 0 Å². The van der Waals surface area contributed by atoms with Crippen LogP contribution in [-0.2, 0) is 6.42 Å². The Balaban J connectivity index is 2.33. The van der Waals surface area contributed by atoms with E-state index >= 15 is 0 Å². The molecule has 2 nitrogen and oxygen atoms in total. The molecule has 0 amide bonds. The van der Waals surface area contributed by atoms with Crippen LogP contribution < -0.4 is 5.73 Å². The predicted molar refractivity (Wildman–Crippen MR) is 82.7 cm³/mol. The lowest BCUT2D eigenvalue weighted by Gasteiger charge is -2.22. The van der Waals surface area contributed by atoms with Crippen molar-refractivity contribution in [2.24, 2.45) is 5.73 Å². The van der Waals surface area contributed by atoms with Crippen LogP contribution in [0, 0.1) is 17.1 Å². The number of hydrogen-bond acceptors (Lipinski definition) is 2. The summed E-state index contributed by atoms with van der Waals surface area (Å²) in [5, 5.41) is 9.64. The van der Waals surface area contributed by atoms with E-state index in [1.165, 1.54) is 12.1 Å². The lowest BCUT2D eigenvalue weighted by Crippen LogP contribution is -2.26. The summed E-state index contributed by atoms with van der Waals surface area (Å²) in [5.41, 5.74) is 8.19. The van der Waals surface area contributed by atoms with E-state index in [-0.39, 0.29) is 12.0 Å². The minimum Gasteiger partial charge on any atom is -0.327 e. The Bertz CT molecular complexity index is 659. The Morgan fingerprint density at radius 3 is 2.48 bits per heavy atom. The summed E-state index contributed by atoms with van der Waals surface area (Å²) in [4.78, 5) is 0. The van der Waals surface area contributed by atoms with Crippen LogP contribution in [0.25, 0.3) is 0 Å². The molecule has 0 aliphatic carbocycles. The minimum atomic E-state index is -0.411. The molecule has 2 unspecified atom stereocenters. The van der Waals surface area contributed by atoms with Gasteiger partial charge in [-0.15, -0.1) is 0 Å². The van der Waals surface area contributed by atoms with Crippen molar-refractivity contribution in [3.8, 4) is 6.07 Å². The lowest BCUT2D eigenvalue weighted by atomic mass is 9.86. The van der Waals surface area contributed by atoms with E-state index in [0.717, 1.165) is 11.1 Å². The summed E-state index contributed by atoms with van der Waals surface area (Å²) >= 11 is 5.88. The number of nitriles is 1. The van der Waals surface area contributed by atoms with Gasteiger partial charge >= 0.3 is 0 Å². The Morgan fingerprint density at radius 1 is 1.24 bits per heavy atom. The summed E-state index contributed by atoms with van der Waals surface area (Å²) in [6.45, 7) is 1.89. The fraction of sp³-hybridized carbons (Fsp3) is 0.235. The zero-order valence-electron chi connectivity index (χ0n) is 11.7. The van der Waals surface area contributed by atoms with Gasteiger partial charge in [0, 0.05) is 17.0 Å². The van der Waals surface area contributed by atoms with E-state index in [2.05, 4.69) is 0 Å². The first-order valence-corrected chi connectivity index (χ1v) is 7.08. The van der Waals surface area contributed by atoms with Crippen molar-refractivity contribution < 1.29 is 4.39 Å². The molecule has 0 bridgehead atoms. The van der Waals surface area contributed by atoms with Crippen molar-refractivity contribution in [2.75, 3.05) is 0 Å². The molecule has 4 heteroatoms. The minimum absolute atomic E-state index is 0.0611. The van der Waals surface area contributed by atoms with Crippen molar-refractivity contribution in [1.29, 1.82) is 5.26 Å². The van der Waals surface area contributed by atoms with Crippen LogP contribution in [0.3, 0.4) is 0 Å². The van der Waals surface area contributed by atoms with Crippen molar-refractivity contribution in [2.45, 2.75) is 25.3 Å². The molecular weight excluding hydrogens is 287 g/mol. The summed E-state index contributed by atoms with van der Waals surface area (Å²) in [6.07, 6.45) is 0.670. The first-order valence-electron chi connectivity index (χ1n) is 6.70. The highest BCUT2D eigenvalue weighted by Gasteiger charge is 2.18. The van der Waals surface area contributed by atoms with Crippen molar-refractivity contribution in [1.82, 2.24) is 0 Å². The van der Waals surface area contributed by atoms with Crippen molar-refractivity contribution in [3.63, 3.8) is 0 Å². The number of nitrogens with zero attached hydrogens (tertiary/aromatic N) is 1. The van der Waals surface area contributed by atoms with Gasteiger partial charge in [-0.1, -0.05) is 23.7 Å². The molecule has 2 aromatic carbocycles.